The Hall–Kier alpha value is -2.21. The number of benzene rings is 1. The summed E-state index contributed by atoms with van der Waals surface area (Å²) in [6.45, 7) is 2.68. The van der Waals surface area contributed by atoms with Gasteiger partial charge in [0.05, 0.1) is 29.9 Å². The summed E-state index contributed by atoms with van der Waals surface area (Å²) in [4.78, 5) is 37.6. The molecular weight excluding hydrogens is 298 g/mol. The van der Waals surface area contributed by atoms with Crippen LogP contribution in [0.4, 0.5) is 5.69 Å². The Morgan fingerprint density at radius 2 is 2.04 bits per heavy atom. The van der Waals surface area contributed by atoms with Gasteiger partial charge in [0.25, 0.3) is 0 Å². The smallest absolute Gasteiger partial charge is 0.338 e. The summed E-state index contributed by atoms with van der Waals surface area (Å²) in [7, 11) is 0. The third kappa shape index (κ3) is 2.99. The number of hydrogen-bond donors (Lipinski definition) is 0. The van der Waals surface area contributed by atoms with Gasteiger partial charge in [-0.2, -0.15) is 0 Å². The zero-order chi connectivity index (χ0) is 16.4. The average Bonchev–Trinajstić information content (AvgIpc) is 3.16. The van der Waals surface area contributed by atoms with Crippen LogP contribution in [0.1, 0.15) is 36.5 Å². The normalized spacial score (nSPS) is 24.3. The van der Waals surface area contributed by atoms with Crippen molar-refractivity contribution < 1.29 is 23.9 Å². The molecular formula is C17H19NO5. The summed E-state index contributed by atoms with van der Waals surface area (Å²) in [6, 6.07) is 6.32. The van der Waals surface area contributed by atoms with Crippen LogP contribution in [0.25, 0.3) is 0 Å². The van der Waals surface area contributed by atoms with E-state index in [0.717, 1.165) is 12.8 Å². The minimum atomic E-state index is -0.421. The van der Waals surface area contributed by atoms with Crippen molar-refractivity contribution in [3.63, 3.8) is 0 Å². The minimum absolute atomic E-state index is 0.157. The molecule has 3 rings (SSSR count). The lowest BCUT2D eigenvalue weighted by atomic mass is 9.98. The molecule has 2 amide bonds. The van der Waals surface area contributed by atoms with Gasteiger partial charge in [-0.3, -0.25) is 14.5 Å². The maximum atomic E-state index is 12.6. The molecule has 122 valence electrons. The van der Waals surface area contributed by atoms with Gasteiger partial charge < -0.3 is 9.47 Å². The molecule has 0 aromatic heterocycles. The molecule has 2 saturated heterocycles. The molecule has 1 aromatic carbocycles. The van der Waals surface area contributed by atoms with E-state index in [1.54, 1.807) is 31.2 Å². The number of imide groups is 1. The van der Waals surface area contributed by atoms with Gasteiger partial charge in [0.2, 0.25) is 11.8 Å². The van der Waals surface area contributed by atoms with Gasteiger partial charge in [0.1, 0.15) is 0 Å². The zero-order valence-electron chi connectivity index (χ0n) is 13.0. The first-order chi connectivity index (χ1) is 11.1. The fraction of sp³-hybridized carbons (Fsp3) is 0.471. The highest BCUT2D eigenvalue weighted by Crippen LogP contribution is 2.33. The highest BCUT2D eigenvalue weighted by Gasteiger charge is 2.44. The first-order valence-electron chi connectivity index (χ1n) is 7.87. The monoisotopic (exact) mass is 317 g/mol. The molecule has 6 heteroatoms. The first-order valence-corrected chi connectivity index (χ1v) is 7.87. The van der Waals surface area contributed by atoms with E-state index in [9.17, 15) is 14.4 Å². The lowest BCUT2D eigenvalue weighted by molar-refractivity contribution is -0.124. The summed E-state index contributed by atoms with van der Waals surface area (Å²) in [5, 5.41) is 0. The number of rotatable bonds is 4. The van der Waals surface area contributed by atoms with E-state index in [1.165, 1.54) is 4.90 Å². The SMILES string of the molecule is CCOC(=O)c1ccc(N2C(=O)C[C@@H]([C@@H]3CCCO3)C2=O)cc1. The molecule has 2 fully saturated rings. The lowest BCUT2D eigenvalue weighted by Crippen LogP contribution is -2.33. The standard InChI is InChI=1S/C17H19NO5/c1-2-22-17(21)11-5-7-12(8-6-11)18-15(19)10-13(16(18)20)14-4-3-9-23-14/h5-8,13-14H,2-4,9-10H2,1H3/t13-,14-/m0/s1. The molecule has 0 aliphatic carbocycles. The molecule has 2 aliphatic rings. The van der Waals surface area contributed by atoms with E-state index in [0.29, 0.717) is 24.5 Å². The molecule has 0 spiro atoms. The highest BCUT2D eigenvalue weighted by molar-refractivity contribution is 6.21. The Balaban J connectivity index is 1.77. The number of carbonyl (C=O) groups excluding carboxylic acids is 3. The second-order valence-electron chi connectivity index (χ2n) is 5.70. The van der Waals surface area contributed by atoms with Crippen molar-refractivity contribution in [1.29, 1.82) is 0 Å². The summed E-state index contributed by atoms with van der Waals surface area (Å²) in [5.41, 5.74) is 0.874. The van der Waals surface area contributed by atoms with Crippen LogP contribution in [-0.2, 0) is 19.1 Å². The molecule has 2 aliphatic heterocycles. The zero-order valence-corrected chi connectivity index (χ0v) is 13.0. The van der Waals surface area contributed by atoms with Crippen LogP contribution in [0.5, 0.6) is 0 Å². The van der Waals surface area contributed by atoms with Crippen LogP contribution in [0, 0.1) is 5.92 Å². The summed E-state index contributed by atoms with van der Waals surface area (Å²) < 4.78 is 10.5. The van der Waals surface area contributed by atoms with Crippen molar-refractivity contribution in [2.75, 3.05) is 18.1 Å². The first kappa shape index (κ1) is 15.7. The number of esters is 1. The molecule has 0 saturated carbocycles. The second-order valence-corrected chi connectivity index (χ2v) is 5.70. The second kappa shape index (κ2) is 6.50. The van der Waals surface area contributed by atoms with Crippen LogP contribution < -0.4 is 4.90 Å². The highest BCUT2D eigenvalue weighted by atomic mass is 16.5. The Bertz CT molecular complexity index is 618. The van der Waals surface area contributed by atoms with Crippen molar-refractivity contribution in [3.8, 4) is 0 Å². The van der Waals surface area contributed by atoms with Gasteiger partial charge in [-0.15, -0.1) is 0 Å². The molecule has 2 atom stereocenters. The Kier molecular flexibility index (Phi) is 4.43. The van der Waals surface area contributed by atoms with E-state index in [4.69, 9.17) is 9.47 Å². The average molecular weight is 317 g/mol. The largest absolute Gasteiger partial charge is 0.462 e. The lowest BCUT2D eigenvalue weighted by Gasteiger charge is -2.18. The van der Waals surface area contributed by atoms with Crippen LogP contribution in [0.3, 0.4) is 0 Å². The molecule has 0 radical (unpaired) electrons. The van der Waals surface area contributed by atoms with Gasteiger partial charge in [0, 0.05) is 13.0 Å². The number of ether oxygens (including phenoxy) is 2. The van der Waals surface area contributed by atoms with E-state index in [2.05, 4.69) is 0 Å². The van der Waals surface area contributed by atoms with Crippen molar-refractivity contribution in [3.05, 3.63) is 29.8 Å². The molecule has 23 heavy (non-hydrogen) atoms. The van der Waals surface area contributed by atoms with Crippen molar-refractivity contribution in [2.24, 2.45) is 5.92 Å². The quantitative estimate of drug-likeness (QED) is 0.626. The number of hydrogen-bond acceptors (Lipinski definition) is 5. The Labute approximate surface area is 134 Å². The van der Waals surface area contributed by atoms with Gasteiger partial charge >= 0.3 is 5.97 Å². The van der Waals surface area contributed by atoms with E-state index < -0.39 is 11.9 Å². The van der Waals surface area contributed by atoms with Crippen LogP contribution >= 0.6 is 0 Å². The van der Waals surface area contributed by atoms with Crippen LogP contribution in [0.15, 0.2) is 24.3 Å². The fourth-order valence-corrected chi connectivity index (χ4v) is 3.10. The topological polar surface area (TPSA) is 72.9 Å². The predicted octanol–water partition coefficient (Wildman–Crippen LogP) is 1.92. The summed E-state index contributed by atoms with van der Waals surface area (Å²) in [6.07, 6.45) is 1.77. The summed E-state index contributed by atoms with van der Waals surface area (Å²) in [5.74, 6) is -1.25. The third-order valence-electron chi connectivity index (χ3n) is 4.23. The van der Waals surface area contributed by atoms with Crippen molar-refractivity contribution in [2.45, 2.75) is 32.3 Å². The fourth-order valence-electron chi connectivity index (χ4n) is 3.10. The Morgan fingerprint density at radius 1 is 1.30 bits per heavy atom. The number of carbonyl (C=O) groups is 3. The molecule has 0 N–H and O–H groups in total. The predicted molar refractivity (Wildman–Crippen MR) is 82.0 cm³/mol. The van der Waals surface area contributed by atoms with Crippen LogP contribution in [-0.4, -0.2) is 37.1 Å². The molecule has 0 unspecified atom stereocenters. The van der Waals surface area contributed by atoms with E-state index in [1.807, 2.05) is 0 Å². The molecule has 0 bridgehead atoms. The van der Waals surface area contributed by atoms with Gasteiger partial charge in [-0.1, -0.05) is 0 Å². The number of amides is 2. The summed E-state index contributed by atoms with van der Waals surface area (Å²) >= 11 is 0. The third-order valence-corrected chi connectivity index (χ3v) is 4.23. The molecule has 6 nitrogen and oxygen atoms in total. The minimum Gasteiger partial charge on any atom is -0.462 e. The van der Waals surface area contributed by atoms with Gasteiger partial charge in [-0.05, 0) is 44.0 Å². The van der Waals surface area contributed by atoms with E-state index in [-0.39, 0.29) is 24.3 Å². The van der Waals surface area contributed by atoms with E-state index >= 15 is 0 Å². The van der Waals surface area contributed by atoms with Gasteiger partial charge in [-0.25, -0.2) is 4.79 Å². The van der Waals surface area contributed by atoms with Crippen LogP contribution in [0.2, 0.25) is 0 Å². The van der Waals surface area contributed by atoms with Crippen molar-refractivity contribution >= 4 is 23.5 Å². The van der Waals surface area contributed by atoms with Crippen molar-refractivity contribution in [1.82, 2.24) is 0 Å². The number of anilines is 1. The Morgan fingerprint density at radius 3 is 2.65 bits per heavy atom. The maximum absolute atomic E-state index is 12.6. The van der Waals surface area contributed by atoms with Gasteiger partial charge in [0.15, 0.2) is 0 Å². The number of nitrogens with zero attached hydrogens (tertiary/aromatic N) is 1. The molecule has 1 aromatic rings. The maximum Gasteiger partial charge on any atom is 0.338 e. The molecule has 2 heterocycles.